The number of aromatic nitrogens is 1. The monoisotopic (exact) mass is 480 g/mol. The van der Waals surface area contributed by atoms with Crippen molar-refractivity contribution < 1.29 is 19.4 Å². The van der Waals surface area contributed by atoms with Crippen LogP contribution in [0.2, 0.25) is 0 Å². The summed E-state index contributed by atoms with van der Waals surface area (Å²) in [6.07, 6.45) is 1.63. The lowest BCUT2D eigenvalue weighted by atomic mass is 9.87. The summed E-state index contributed by atoms with van der Waals surface area (Å²) in [5, 5.41) is 9.68. The number of carbonyl (C=O) groups is 2. The van der Waals surface area contributed by atoms with Crippen LogP contribution in [0.1, 0.15) is 52.7 Å². The minimum atomic E-state index is -1.18. The minimum absolute atomic E-state index is 0.0764. The van der Waals surface area contributed by atoms with E-state index in [4.69, 9.17) is 4.74 Å². The molecule has 0 unspecified atom stereocenters. The molecule has 0 radical (unpaired) electrons. The van der Waals surface area contributed by atoms with Gasteiger partial charge in [0, 0.05) is 18.3 Å². The number of ketones is 1. The summed E-state index contributed by atoms with van der Waals surface area (Å²) in [6.45, 7) is 6.53. The Morgan fingerprint density at radius 2 is 1.53 bits per heavy atom. The summed E-state index contributed by atoms with van der Waals surface area (Å²) in [4.78, 5) is 31.2. The molecule has 0 saturated carbocycles. The van der Waals surface area contributed by atoms with Gasteiger partial charge in [-0.05, 0) is 65.6 Å². The number of anilines is 2. The molecule has 1 aromatic heterocycles. The third-order valence-electron chi connectivity index (χ3n) is 5.93. The highest BCUT2D eigenvalue weighted by atomic mass is 16.5. The quantitative estimate of drug-likeness (QED) is 0.291. The first-order chi connectivity index (χ1) is 17.1. The maximum Gasteiger partial charge on any atom is 0.339 e. The SMILES string of the molecule is CN(c1ccc(C(C)(C)C)cc1)c1ccc(C(=O)c2ccc(Oc3ccccc3)c(C(=O)O)c2)nc1. The second-order valence-electron chi connectivity index (χ2n) is 9.52. The number of hydrogen-bond donors (Lipinski definition) is 1. The Labute approximate surface area is 210 Å². The lowest BCUT2D eigenvalue weighted by Crippen LogP contribution is -2.13. The number of pyridine rings is 1. The van der Waals surface area contributed by atoms with Crippen LogP contribution in [-0.2, 0) is 5.41 Å². The van der Waals surface area contributed by atoms with Crippen LogP contribution < -0.4 is 9.64 Å². The molecule has 3 aromatic carbocycles. The van der Waals surface area contributed by atoms with E-state index in [9.17, 15) is 14.7 Å². The number of carbonyl (C=O) groups excluding carboxylic acids is 1. The van der Waals surface area contributed by atoms with E-state index >= 15 is 0 Å². The zero-order valence-electron chi connectivity index (χ0n) is 20.7. The van der Waals surface area contributed by atoms with E-state index < -0.39 is 5.97 Å². The zero-order chi connectivity index (χ0) is 25.9. The normalized spacial score (nSPS) is 11.1. The number of carboxylic acid groups (broad SMARTS) is 1. The molecule has 1 N–H and O–H groups in total. The van der Waals surface area contributed by atoms with E-state index in [0.717, 1.165) is 11.4 Å². The van der Waals surface area contributed by atoms with Gasteiger partial charge < -0.3 is 14.7 Å². The molecule has 36 heavy (non-hydrogen) atoms. The fraction of sp³-hybridized carbons (Fsp3) is 0.167. The zero-order valence-corrected chi connectivity index (χ0v) is 20.7. The summed E-state index contributed by atoms with van der Waals surface area (Å²) in [5.41, 5.74) is 3.51. The molecule has 6 heteroatoms. The van der Waals surface area contributed by atoms with Crippen LogP contribution in [-0.4, -0.2) is 28.9 Å². The molecule has 0 aliphatic rings. The van der Waals surface area contributed by atoms with Crippen molar-refractivity contribution in [3.8, 4) is 11.5 Å². The maximum absolute atomic E-state index is 13.1. The van der Waals surface area contributed by atoms with Gasteiger partial charge in [-0.15, -0.1) is 0 Å². The van der Waals surface area contributed by atoms with Gasteiger partial charge in [0.2, 0.25) is 5.78 Å². The Kier molecular flexibility index (Phi) is 6.88. The first kappa shape index (κ1) is 24.7. The molecule has 0 bridgehead atoms. The predicted molar refractivity (Wildman–Crippen MR) is 141 cm³/mol. The number of rotatable bonds is 7. The standard InChI is InChI=1S/C30H28N2O4/c1-30(2,3)21-11-13-22(14-12-21)32(4)23-15-16-26(31-19-23)28(33)20-10-17-27(25(18-20)29(34)35)36-24-8-6-5-7-9-24/h5-19H,1-4H3,(H,34,35). The molecule has 4 rings (SSSR count). The minimum Gasteiger partial charge on any atom is -0.478 e. The number of hydrogen-bond acceptors (Lipinski definition) is 5. The van der Waals surface area contributed by atoms with E-state index in [1.807, 2.05) is 24.1 Å². The lowest BCUT2D eigenvalue weighted by molar-refractivity contribution is 0.0694. The molecule has 0 aliphatic carbocycles. The molecule has 0 amide bonds. The van der Waals surface area contributed by atoms with E-state index in [-0.39, 0.29) is 33.8 Å². The van der Waals surface area contributed by atoms with E-state index in [2.05, 4.69) is 50.0 Å². The van der Waals surface area contributed by atoms with Crippen LogP contribution in [0.3, 0.4) is 0 Å². The van der Waals surface area contributed by atoms with E-state index in [1.54, 1.807) is 42.6 Å². The van der Waals surface area contributed by atoms with Gasteiger partial charge in [0.15, 0.2) is 0 Å². The summed E-state index contributed by atoms with van der Waals surface area (Å²) in [7, 11) is 1.94. The van der Waals surface area contributed by atoms with E-state index in [0.29, 0.717) is 5.75 Å². The van der Waals surface area contributed by atoms with Gasteiger partial charge in [-0.3, -0.25) is 9.78 Å². The molecular weight excluding hydrogens is 452 g/mol. The van der Waals surface area contributed by atoms with Gasteiger partial charge >= 0.3 is 5.97 Å². The summed E-state index contributed by atoms with van der Waals surface area (Å²) in [5.74, 6) is -0.883. The molecule has 0 saturated heterocycles. The van der Waals surface area contributed by atoms with Crippen molar-refractivity contribution in [1.29, 1.82) is 0 Å². The molecule has 1 heterocycles. The van der Waals surface area contributed by atoms with E-state index in [1.165, 1.54) is 17.7 Å². The third-order valence-corrected chi connectivity index (χ3v) is 5.93. The topological polar surface area (TPSA) is 79.7 Å². The van der Waals surface area contributed by atoms with Gasteiger partial charge in [0.1, 0.15) is 22.8 Å². The Morgan fingerprint density at radius 1 is 0.861 bits per heavy atom. The van der Waals surface area contributed by atoms with Crippen LogP contribution in [0.5, 0.6) is 11.5 Å². The second-order valence-corrected chi connectivity index (χ2v) is 9.52. The molecule has 0 fully saturated rings. The number of aromatic carboxylic acids is 1. The van der Waals surface area contributed by atoms with Gasteiger partial charge in [0.25, 0.3) is 0 Å². The van der Waals surface area contributed by atoms with Crippen molar-refractivity contribution in [3.63, 3.8) is 0 Å². The molecular formula is C30H28N2O4. The van der Waals surface area contributed by atoms with Gasteiger partial charge in [-0.25, -0.2) is 4.79 Å². The molecule has 6 nitrogen and oxygen atoms in total. The molecule has 0 aliphatic heterocycles. The highest BCUT2D eigenvalue weighted by Gasteiger charge is 2.19. The Morgan fingerprint density at radius 3 is 2.11 bits per heavy atom. The highest BCUT2D eigenvalue weighted by Crippen LogP contribution is 2.29. The van der Waals surface area contributed by atoms with Crippen LogP contribution in [0.15, 0.2) is 91.1 Å². The van der Waals surface area contributed by atoms with Crippen molar-refractivity contribution in [2.75, 3.05) is 11.9 Å². The molecule has 182 valence electrons. The fourth-order valence-electron chi connectivity index (χ4n) is 3.74. The predicted octanol–water partition coefficient (Wildman–Crippen LogP) is 6.87. The van der Waals surface area contributed by atoms with Crippen molar-refractivity contribution in [2.45, 2.75) is 26.2 Å². The number of para-hydroxylation sites is 1. The lowest BCUT2D eigenvalue weighted by Gasteiger charge is -2.23. The Balaban J connectivity index is 1.53. The number of ether oxygens (including phenoxy) is 1. The van der Waals surface area contributed by atoms with Crippen molar-refractivity contribution >= 4 is 23.1 Å². The van der Waals surface area contributed by atoms with Crippen LogP contribution in [0, 0.1) is 0 Å². The van der Waals surface area contributed by atoms with Crippen molar-refractivity contribution in [3.05, 3.63) is 114 Å². The average molecular weight is 481 g/mol. The van der Waals surface area contributed by atoms with Gasteiger partial charge in [0.05, 0.1) is 11.9 Å². The Hall–Kier alpha value is -4.45. The van der Waals surface area contributed by atoms with Crippen LogP contribution >= 0.6 is 0 Å². The largest absolute Gasteiger partial charge is 0.478 e. The molecule has 0 atom stereocenters. The number of benzene rings is 3. The average Bonchev–Trinajstić information content (AvgIpc) is 2.88. The Bertz CT molecular complexity index is 1370. The fourth-order valence-corrected chi connectivity index (χ4v) is 3.74. The third kappa shape index (κ3) is 5.44. The maximum atomic E-state index is 13.1. The molecule has 4 aromatic rings. The van der Waals surface area contributed by atoms with Gasteiger partial charge in [-0.2, -0.15) is 0 Å². The number of nitrogens with zero attached hydrogens (tertiary/aromatic N) is 2. The van der Waals surface area contributed by atoms with Gasteiger partial charge in [-0.1, -0.05) is 51.1 Å². The summed E-state index contributed by atoms with van der Waals surface area (Å²) >= 11 is 0. The summed E-state index contributed by atoms with van der Waals surface area (Å²) in [6, 6.07) is 25.1. The molecule has 0 spiro atoms. The van der Waals surface area contributed by atoms with Crippen molar-refractivity contribution in [1.82, 2.24) is 4.98 Å². The van der Waals surface area contributed by atoms with Crippen molar-refractivity contribution in [2.24, 2.45) is 0 Å². The highest BCUT2D eigenvalue weighted by molar-refractivity contribution is 6.09. The summed E-state index contributed by atoms with van der Waals surface area (Å²) < 4.78 is 5.71. The second kappa shape index (κ2) is 10.0. The number of carboxylic acids is 1. The first-order valence-electron chi connectivity index (χ1n) is 11.6. The van der Waals surface area contributed by atoms with Crippen LogP contribution in [0.4, 0.5) is 11.4 Å². The smallest absolute Gasteiger partial charge is 0.339 e. The first-order valence-corrected chi connectivity index (χ1v) is 11.6. The van der Waals surface area contributed by atoms with Crippen LogP contribution in [0.25, 0.3) is 0 Å².